The highest BCUT2D eigenvalue weighted by Gasteiger charge is 2.26. The first kappa shape index (κ1) is 11.9. The van der Waals surface area contributed by atoms with Crippen molar-refractivity contribution in [1.82, 2.24) is 15.1 Å². The van der Waals surface area contributed by atoms with Gasteiger partial charge in [-0.05, 0) is 26.0 Å². The minimum absolute atomic E-state index is 0.494. The molecule has 2 heterocycles. The third-order valence-electron chi connectivity index (χ3n) is 3.29. The molecule has 1 N–H and O–H groups in total. The molecule has 0 spiro atoms. The Morgan fingerprint density at radius 2 is 2.11 bits per heavy atom. The molecule has 1 aromatic carbocycles. The molecule has 98 valence electrons. The molecular weight excluding hydrogens is 242 g/mol. The standard InChI is InChI=1S/C14H15N3O2/c1-14(2,18-3)13-16-12(19-17-13)10-6-4-5-9-7-8-15-11(9)10/h4-8,15H,1-3H3. The summed E-state index contributed by atoms with van der Waals surface area (Å²) >= 11 is 0. The van der Waals surface area contributed by atoms with E-state index < -0.39 is 5.60 Å². The number of fused-ring (bicyclic) bond motifs is 1. The number of nitrogens with zero attached hydrogens (tertiary/aromatic N) is 2. The summed E-state index contributed by atoms with van der Waals surface area (Å²) in [5, 5.41) is 5.12. The molecule has 0 aliphatic heterocycles. The molecular formula is C14H15N3O2. The van der Waals surface area contributed by atoms with E-state index in [-0.39, 0.29) is 0 Å². The Morgan fingerprint density at radius 1 is 1.26 bits per heavy atom. The van der Waals surface area contributed by atoms with Crippen molar-refractivity contribution < 1.29 is 9.26 Å². The van der Waals surface area contributed by atoms with Crippen molar-refractivity contribution in [2.75, 3.05) is 7.11 Å². The van der Waals surface area contributed by atoms with Crippen LogP contribution in [-0.2, 0) is 10.3 Å². The van der Waals surface area contributed by atoms with Crippen LogP contribution in [0.2, 0.25) is 0 Å². The number of para-hydroxylation sites is 1. The number of ether oxygens (including phenoxy) is 1. The molecule has 19 heavy (non-hydrogen) atoms. The lowest BCUT2D eigenvalue weighted by Gasteiger charge is -2.17. The van der Waals surface area contributed by atoms with Crippen molar-refractivity contribution in [1.29, 1.82) is 0 Å². The molecule has 0 saturated carbocycles. The summed E-state index contributed by atoms with van der Waals surface area (Å²) < 4.78 is 10.7. The van der Waals surface area contributed by atoms with Crippen molar-refractivity contribution in [3.63, 3.8) is 0 Å². The largest absolute Gasteiger partial charge is 0.371 e. The Kier molecular flexibility index (Phi) is 2.64. The van der Waals surface area contributed by atoms with Crippen molar-refractivity contribution in [2.45, 2.75) is 19.4 Å². The number of benzene rings is 1. The van der Waals surface area contributed by atoms with Gasteiger partial charge < -0.3 is 14.2 Å². The van der Waals surface area contributed by atoms with E-state index in [0.29, 0.717) is 11.7 Å². The van der Waals surface area contributed by atoms with Crippen LogP contribution in [0, 0.1) is 0 Å². The van der Waals surface area contributed by atoms with Gasteiger partial charge in [0.25, 0.3) is 5.89 Å². The minimum atomic E-state index is -0.564. The predicted octanol–water partition coefficient (Wildman–Crippen LogP) is 3.10. The van der Waals surface area contributed by atoms with Gasteiger partial charge in [0.05, 0.1) is 11.1 Å². The van der Waals surface area contributed by atoms with Crippen LogP contribution in [0.3, 0.4) is 0 Å². The average Bonchev–Trinajstić information content (AvgIpc) is 3.07. The quantitative estimate of drug-likeness (QED) is 0.783. The Balaban J connectivity index is 2.10. The van der Waals surface area contributed by atoms with Crippen LogP contribution in [0.1, 0.15) is 19.7 Å². The zero-order chi connectivity index (χ0) is 13.5. The van der Waals surface area contributed by atoms with E-state index >= 15 is 0 Å². The lowest BCUT2D eigenvalue weighted by Crippen LogP contribution is -2.21. The topological polar surface area (TPSA) is 63.9 Å². The van der Waals surface area contributed by atoms with Gasteiger partial charge in [-0.15, -0.1) is 0 Å². The Labute approximate surface area is 110 Å². The molecule has 5 nitrogen and oxygen atoms in total. The van der Waals surface area contributed by atoms with Crippen LogP contribution in [0.4, 0.5) is 0 Å². The third-order valence-corrected chi connectivity index (χ3v) is 3.29. The third kappa shape index (κ3) is 1.92. The number of hydrogen-bond donors (Lipinski definition) is 1. The lowest BCUT2D eigenvalue weighted by molar-refractivity contribution is 0.00973. The molecule has 0 saturated heterocycles. The fourth-order valence-corrected chi connectivity index (χ4v) is 1.93. The van der Waals surface area contributed by atoms with Crippen molar-refractivity contribution >= 4 is 10.9 Å². The van der Waals surface area contributed by atoms with E-state index in [2.05, 4.69) is 15.1 Å². The van der Waals surface area contributed by atoms with Crippen LogP contribution >= 0.6 is 0 Å². The average molecular weight is 257 g/mol. The van der Waals surface area contributed by atoms with Crippen LogP contribution in [0.25, 0.3) is 22.4 Å². The fraction of sp³-hybridized carbons (Fsp3) is 0.286. The highest BCUT2D eigenvalue weighted by atomic mass is 16.5. The van der Waals surface area contributed by atoms with Gasteiger partial charge in [-0.25, -0.2) is 0 Å². The van der Waals surface area contributed by atoms with E-state index in [0.717, 1.165) is 16.5 Å². The Bertz CT molecular complexity index is 712. The molecule has 5 heteroatoms. The Morgan fingerprint density at radius 3 is 2.89 bits per heavy atom. The van der Waals surface area contributed by atoms with Crippen molar-refractivity contribution in [3.8, 4) is 11.5 Å². The second kappa shape index (κ2) is 4.20. The second-order valence-corrected chi connectivity index (χ2v) is 4.89. The normalized spacial score (nSPS) is 12.2. The number of rotatable bonds is 3. The van der Waals surface area contributed by atoms with E-state index in [4.69, 9.17) is 9.26 Å². The number of aromatic nitrogens is 3. The summed E-state index contributed by atoms with van der Waals surface area (Å²) in [6.45, 7) is 3.80. The van der Waals surface area contributed by atoms with Crippen LogP contribution < -0.4 is 0 Å². The molecule has 0 bridgehead atoms. The maximum absolute atomic E-state index is 5.36. The first-order valence-electron chi connectivity index (χ1n) is 6.07. The molecule has 0 fully saturated rings. The summed E-state index contributed by atoms with van der Waals surface area (Å²) in [4.78, 5) is 7.62. The first-order chi connectivity index (χ1) is 9.12. The number of methoxy groups -OCH3 is 1. The summed E-state index contributed by atoms with van der Waals surface area (Å²) in [5.41, 5.74) is 1.33. The van der Waals surface area contributed by atoms with Crippen molar-refractivity contribution in [3.05, 3.63) is 36.3 Å². The van der Waals surface area contributed by atoms with Gasteiger partial charge >= 0.3 is 0 Å². The zero-order valence-corrected chi connectivity index (χ0v) is 11.1. The van der Waals surface area contributed by atoms with Crippen LogP contribution in [-0.4, -0.2) is 22.2 Å². The molecule has 0 aliphatic rings. The van der Waals surface area contributed by atoms with Crippen LogP contribution in [0.5, 0.6) is 0 Å². The van der Waals surface area contributed by atoms with E-state index in [1.807, 2.05) is 44.3 Å². The number of nitrogens with one attached hydrogen (secondary N) is 1. The van der Waals surface area contributed by atoms with Gasteiger partial charge in [0.2, 0.25) is 5.82 Å². The molecule has 3 rings (SSSR count). The molecule has 3 aromatic rings. The first-order valence-corrected chi connectivity index (χ1v) is 6.07. The monoisotopic (exact) mass is 257 g/mol. The summed E-state index contributed by atoms with van der Waals surface area (Å²) in [6.07, 6.45) is 1.89. The molecule has 0 atom stereocenters. The zero-order valence-electron chi connectivity index (χ0n) is 11.1. The predicted molar refractivity (Wildman–Crippen MR) is 71.6 cm³/mol. The minimum Gasteiger partial charge on any atom is -0.371 e. The molecule has 0 aliphatic carbocycles. The Hall–Kier alpha value is -2.14. The van der Waals surface area contributed by atoms with Crippen molar-refractivity contribution in [2.24, 2.45) is 0 Å². The molecule has 0 amide bonds. The van der Waals surface area contributed by atoms with Gasteiger partial charge in [0.15, 0.2) is 0 Å². The fourth-order valence-electron chi connectivity index (χ4n) is 1.93. The van der Waals surface area contributed by atoms with E-state index in [1.165, 1.54) is 0 Å². The summed E-state index contributed by atoms with van der Waals surface area (Å²) in [7, 11) is 1.63. The number of hydrogen-bond acceptors (Lipinski definition) is 4. The highest BCUT2D eigenvalue weighted by Crippen LogP contribution is 2.28. The highest BCUT2D eigenvalue weighted by molar-refractivity contribution is 5.91. The van der Waals surface area contributed by atoms with Gasteiger partial charge in [0.1, 0.15) is 5.60 Å². The summed E-state index contributed by atoms with van der Waals surface area (Å²) in [5.74, 6) is 1.03. The maximum atomic E-state index is 5.36. The second-order valence-electron chi connectivity index (χ2n) is 4.89. The van der Waals surface area contributed by atoms with E-state index in [9.17, 15) is 0 Å². The van der Waals surface area contributed by atoms with E-state index in [1.54, 1.807) is 7.11 Å². The molecule has 2 aromatic heterocycles. The lowest BCUT2D eigenvalue weighted by atomic mass is 10.1. The van der Waals surface area contributed by atoms with Gasteiger partial charge in [0, 0.05) is 18.7 Å². The van der Waals surface area contributed by atoms with Crippen LogP contribution in [0.15, 0.2) is 35.0 Å². The smallest absolute Gasteiger partial charge is 0.260 e. The van der Waals surface area contributed by atoms with Gasteiger partial charge in [-0.3, -0.25) is 0 Å². The molecule has 0 unspecified atom stereocenters. The van der Waals surface area contributed by atoms with Gasteiger partial charge in [-0.2, -0.15) is 4.98 Å². The maximum Gasteiger partial charge on any atom is 0.260 e. The number of H-pyrrole nitrogens is 1. The van der Waals surface area contributed by atoms with Gasteiger partial charge in [-0.1, -0.05) is 17.3 Å². The molecule has 0 radical (unpaired) electrons. The SMILES string of the molecule is COC(C)(C)c1noc(-c2cccc3cc[nH]c23)n1. The number of aromatic amines is 1. The summed E-state index contributed by atoms with van der Waals surface area (Å²) in [6, 6.07) is 7.97.